The van der Waals surface area contributed by atoms with Crippen LogP contribution in [0.3, 0.4) is 0 Å². The Morgan fingerprint density at radius 1 is 1.19 bits per heavy atom. The number of carbonyl (C=O) groups excluding carboxylic acids is 1. The van der Waals surface area contributed by atoms with Crippen LogP contribution in [0, 0.1) is 11.6 Å². The Kier molecular flexibility index (Phi) is 4.43. The van der Waals surface area contributed by atoms with Crippen LogP contribution in [0.1, 0.15) is 30.7 Å². The van der Waals surface area contributed by atoms with Gasteiger partial charge < -0.3 is 9.42 Å². The maximum Gasteiger partial charge on any atom is 0.232 e. The van der Waals surface area contributed by atoms with E-state index in [4.69, 9.17) is 4.52 Å². The molecular weight excluding hydrogens is 352 g/mol. The fourth-order valence-electron chi connectivity index (χ4n) is 3.21. The van der Waals surface area contributed by atoms with E-state index in [1.54, 1.807) is 0 Å². The van der Waals surface area contributed by atoms with Gasteiger partial charge in [0.15, 0.2) is 0 Å². The lowest BCUT2D eigenvalue weighted by Gasteiger charge is -2.16. The van der Waals surface area contributed by atoms with Gasteiger partial charge in [-0.05, 0) is 24.1 Å². The van der Waals surface area contributed by atoms with Crippen LogP contribution in [0.4, 0.5) is 14.5 Å². The normalized spacial score (nSPS) is 16.9. The largest absolute Gasteiger partial charge is 0.339 e. The summed E-state index contributed by atoms with van der Waals surface area (Å²) in [6.07, 6.45) is 1.07. The topological polar surface area (TPSA) is 59.2 Å². The van der Waals surface area contributed by atoms with Crippen molar-refractivity contribution in [2.75, 3.05) is 11.4 Å². The predicted molar refractivity (Wildman–Crippen MR) is 95.2 cm³/mol. The molecule has 0 spiro atoms. The second kappa shape index (κ2) is 6.90. The molecule has 1 fully saturated rings. The first-order valence-electron chi connectivity index (χ1n) is 8.73. The maximum absolute atomic E-state index is 14.0. The van der Waals surface area contributed by atoms with Crippen LogP contribution in [0.5, 0.6) is 0 Å². The van der Waals surface area contributed by atoms with Crippen LogP contribution in [0.25, 0.3) is 11.4 Å². The Hall–Kier alpha value is -3.09. The number of aromatic nitrogens is 2. The molecule has 0 bridgehead atoms. The standard InChI is InChI=1S/C20H17F2N3O2/c1-2-12-3-5-13(6-4-12)19-23-20(27-24-19)14-9-18(26)25(11-14)17-8-7-15(21)10-16(17)22/h3-8,10,14H,2,9,11H2,1H3. The summed E-state index contributed by atoms with van der Waals surface area (Å²) in [5.41, 5.74) is 2.09. The molecule has 1 aliphatic rings. The molecule has 5 nitrogen and oxygen atoms in total. The van der Waals surface area contributed by atoms with Gasteiger partial charge in [-0.25, -0.2) is 8.78 Å². The van der Waals surface area contributed by atoms with Crippen LogP contribution in [0.15, 0.2) is 47.0 Å². The van der Waals surface area contributed by atoms with Gasteiger partial charge >= 0.3 is 0 Å². The van der Waals surface area contributed by atoms with Crippen molar-refractivity contribution < 1.29 is 18.1 Å². The summed E-state index contributed by atoms with van der Waals surface area (Å²) < 4.78 is 32.5. The quantitative estimate of drug-likeness (QED) is 0.695. The number of hydrogen-bond acceptors (Lipinski definition) is 4. The highest BCUT2D eigenvalue weighted by atomic mass is 19.1. The molecule has 1 atom stereocenters. The predicted octanol–water partition coefficient (Wildman–Crippen LogP) is 4.10. The number of nitrogens with zero attached hydrogens (tertiary/aromatic N) is 3. The third-order valence-corrected chi connectivity index (χ3v) is 4.74. The van der Waals surface area contributed by atoms with Crippen molar-refractivity contribution in [2.24, 2.45) is 0 Å². The Morgan fingerprint density at radius 3 is 2.67 bits per heavy atom. The number of hydrogen-bond donors (Lipinski definition) is 0. The summed E-state index contributed by atoms with van der Waals surface area (Å²) in [5.74, 6) is -1.27. The highest BCUT2D eigenvalue weighted by Crippen LogP contribution is 2.33. The zero-order valence-corrected chi connectivity index (χ0v) is 14.7. The first-order chi connectivity index (χ1) is 13.0. The monoisotopic (exact) mass is 369 g/mol. The zero-order chi connectivity index (χ0) is 19.0. The van der Waals surface area contributed by atoms with E-state index in [-0.39, 0.29) is 30.5 Å². The molecule has 2 heterocycles. The number of aryl methyl sites for hydroxylation is 1. The average molecular weight is 369 g/mol. The zero-order valence-electron chi connectivity index (χ0n) is 14.7. The minimum absolute atomic E-state index is 0.0544. The SMILES string of the molecule is CCc1ccc(-c2noc(C3CC(=O)N(c4ccc(F)cc4F)C3)n2)cc1. The number of anilines is 1. The van der Waals surface area contributed by atoms with Crippen molar-refractivity contribution in [1.82, 2.24) is 10.1 Å². The van der Waals surface area contributed by atoms with Crippen LogP contribution >= 0.6 is 0 Å². The van der Waals surface area contributed by atoms with E-state index in [2.05, 4.69) is 17.1 Å². The third kappa shape index (κ3) is 3.32. The lowest BCUT2D eigenvalue weighted by atomic mass is 10.1. The van der Waals surface area contributed by atoms with E-state index >= 15 is 0 Å². The minimum Gasteiger partial charge on any atom is -0.339 e. The highest BCUT2D eigenvalue weighted by Gasteiger charge is 2.36. The van der Waals surface area contributed by atoms with Gasteiger partial charge in [-0.3, -0.25) is 4.79 Å². The van der Waals surface area contributed by atoms with Gasteiger partial charge in [-0.2, -0.15) is 4.98 Å². The van der Waals surface area contributed by atoms with E-state index in [1.165, 1.54) is 16.5 Å². The molecule has 1 aliphatic heterocycles. The third-order valence-electron chi connectivity index (χ3n) is 4.74. The smallest absolute Gasteiger partial charge is 0.232 e. The summed E-state index contributed by atoms with van der Waals surface area (Å²) in [4.78, 5) is 18.0. The fourth-order valence-corrected chi connectivity index (χ4v) is 3.21. The number of benzene rings is 2. The van der Waals surface area contributed by atoms with Crippen molar-refractivity contribution in [2.45, 2.75) is 25.7 Å². The molecule has 2 aromatic carbocycles. The Morgan fingerprint density at radius 2 is 1.96 bits per heavy atom. The van der Waals surface area contributed by atoms with E-state index < -0.39 is 11.6 Å². The van der Waals surface area contributed by atoms with Crippen LogP contribution in [-0.4, -0.2) is 22.6 Å². The first-order valence-corrected chi connectivity index (χ1v) is 8.73. The van der Waals surface area contributed by atoms with Crippen LogP contribution in [0.2, 0.25) is 0 Å². The van der Waals surface area contributed by atoms with Crippen LogP contribution in [-0.2, 0) is 11.2 Å². The summed E-state index contributed by atoms with van der Waals surface area (Å²) >= 11 is 0. The molecule has 1 unspecified atom stereocenters. The van der Waals surface area contributed by atoms with Crippen molar-refractivity contribution in [1.29, 1.82) is 0 Å². The molecule has 1 aromatic heterocycles. The lowest BCUT2D eigenvalue weighted by Crippen LogP contribution is -2.25. The number of amides is 1. The van der Waals surface area contributed by atoms with Crippen molar-refractivity contribution in [3.05, 3.63) is 65.6 Å². The molecule has 138 valence electrons. The molecule has 1 saturated heterocycles. The molecule has 27 heavy (non-hydrogen) atoms. The maximum atomic E-state index is 14.0. The van der Waals surface area contributed by atoms with E-state index in [0.717, 1.165) is 24.1 Å². The number of rotatable bonds is 4. The van der Waals surface area contributed by atoms with Crippen molar-refractivity contribution >= 4 is 11.6 Å². The second-order valence-corrected chi connectivity index (χ2v) is 6.51. The van der Waals surface area contributed by atoms with Gasteiger partial charge in [-0.1, -0.05) is 36.3 Å². The van der Waals surface area contributed by atoms with E-state index in [1.807, 2.05) is 24.3 Å². The molecule has 0 saturated carbocycles. The lowest BCUT2D eigenvalue weighted by molar-refractivity contribution is -0.117. The Labute approximate surface area is 154 Å². The van der Waals surface area contributed by atoms with Gasteiger partial charge in [0.25, 0.3) is 0 Å². The average Bonchev–Trinajstić information content (AvgIpc) is 3.29. The molecule has 1 amide bonds. The fraction of sp³-hybridized carbons (Fsp3) is 0.250. The summed E-state index contributed by atoms with van der Waals surface area (Å²) in [5, 5.41) is 4.00. The van der Waals surface area contributed by atoms with Crippen molar-refractivity contribution in [3.8, 4) is 11.4 Å². The molecule has 0 radical (unpaired) electrons. The van der Waals surface area contributed by atoms with Gasteiger partial charge in [-0.15, -0.1) is 0 Å². The van der Waals surface area contributed by atoms with Gasteiger partial charge in [0.05, 0.1) is 11.6 Å². The van der Waals surface area contributed by atoms with Gasteiger partial charge in [0.1, 0.15) is 11.6 Å². The molecule has 0 aliphatic carbocycles. The molecule has 4 rings (SSSR count). The molecule has 0 N–H and O–H groups in total. The number of halogens is 2. The minimum atomic E-state index is -0.772. The second-order valence-electron chi connectivity index (χ2n) is 6.51. The highest BCUT2D eigenvalue weighted by molar-refractivity contribution is 5.96. The summed E-state index contributed by atoms with van der Waals surface area (Å²) in [6.45, 7) is 2.28. The number of carbonyl (C=O) groups is 1. The first kappa shape index (κ1) is 17.3. The van der Waals surface area contributed by atoms with E-state index in [0.29, 0.717) is 11.7 Å². The van der Waals surface area contributed by atoms with Crippen LogP contribution < -0.4 is 4.90 Å². The molecule has 7 heteroatoms. The molecule has 3 aromatic rings. The summed E-state index contributed by atoms with van der Waals surface area (Å²) in [7, 11) is 0. The van der Waals surface area contributed by atoms with Gasteiger partial charge in [0.2, 0.25) is 17.6 Å². The Bertz CT molecular complexity index is 985. The molecular formula is C20H17F2N3O2. The summed E-state index contributed by atoms with van der Waals surface area (Å²) in [6, 6.07) is 11.0. The van der Waals surface area contributed by atoms with E-state index in [9.17, 15) is 13.6 Å². The van der Waals surface area contributed by atoms with Crippen molar-refractivity contribution in [3.63, 3.8) is 0 Å². The Balaban J connectivity index is 1.54. The van der Waals surface area contributed by atoms with Gasteiger partial charge in [0, 0.05) is 24.6 Å².